The van der Waals surface area contributed by atoms with Gasteiger partial charge in [-0.25, -0.2) is 4.98 Å². The molecule has 8 heteroatoms. The van der Waals surface area contributed by atoms with Gasteiger partial charge in [0.2, 0.25) is 5.91 Å². The second-order valence-corrected chi connectivity index (χ2v) is 8.64. The molecule has 3 N–H and O–H groups in total. The molecular formula is C25H28N6O2. The van der Waals surface area contributed by atoms with Crippen LogP contribution in [0.5, 0.6) is 0 Å². The SMILES string of the molecule is CNc1ccc(-c2cc3c(-c4cnn(C5CCN(C(C)=O)CC5)c4)cnc(N)c3o2)cc1C. The van der Waals surface area contributed by atoms with Gasteiger partial charge in [-0.2, -0.15) is 5.10 Å². The monoisotopic (exact) mass is 444 g/mol. The smallest absolute Gasteiger partial charge is 0.219 e. The summed E-state index contributed by atoms with van der Waals surface area (Å²) in [6.07, 6.45) is 7.50. The maximum absolute atomic E-state index is 11.6. The number of hydrogen-bond donors (Lipinski definition) is 2. The molecule has 0 saturated carbocycles. The number of furan rings is 1. The zero-order valence-corrected chi connectivity index (χ0v) is 19.1. The Balaban J connectivity index is 1.48. The number of aromatic nitrogens is 3. The van der Waals surface area contributed by atoms with Gasteiger partial charge in [-0.3, -0.25) is 9.48 Å². The number of aryl methyl sites for hydroxylation is 1. The fraction of sp³-hybridized carbons (Fsp3) is 0.320. The summed E-state index contributed by atoms with van der Waals surface area (Å²) in [6, 6.07) is 8.48. The van der Waals surface area contributed by atoms with Gasteiger partial charge in [-0.15, -0.1) is 0 Å². The van der Waals surface area contributed by atoms with Gasteiger partial charge in [0.15, 0.2) is 11.4 Å². The topological polar surface area (TPSA) is 102 Å². The van der Waals surface area contributed by atoms with Crippen LogP contribution in [0.2, 0.25) is 0 Å². The molecule has 1 aliphatic heterocycles. The molecule has 0 bridgehead atoms. The highest BCUT2D eigenvalue weighted by Gasteiger charge is 2.23. The molecule has 5 rings (SSSR count). The summed E-state index contributed by atoms with van der Waals surface area (Å²) in [5.41, 5.74) is 11.9. The van der Waals surface area contributed by atoms with E-state index < -0.39 is 0 Å². The van der Waals surface area contributed by atoms with Gasteiger partial charge in [0.1, 0.15) is 5.76 Å². The summed E-state index contributed by atoms with van der Waals surface area (Å²) < 4.78 is 8.17. The molecular weight excluding hydrogens is 416 g/mol. The Morgan fingerprint density at radius 1 is 1.18 bits per heavy atom. The fourth-order valence-electron chi connectivity index (χ4n) is 4.64. The van der Waals surface area contributed by atoms with Gasteiger partial charge in [0.05, 0.1) is 12.2 Å². The van der Waals surface area contributed by atoms with Gasteiger partial charge >= 0.3 is 0 Å². The van der Waals surface area contributed by atoms with E-state index in [1.807, 2.05) is 41.0 Å². The standard InChI is InChI=1S/C25H28N6O2/c1-15-10-17(4-5-22(15)27-3)23-11-20-21(13-28-25(26)24(20)33-23)18-12-29-31(14-18)19-6-8-30(9-7-19)16(2)32/h4-5,10-14,19,27H,6-9H2,1-3H3,(H2,26,28). The number of nitrogen functional groups attached to an aromatic ring is 1. The molecule has 4 heterocycles. The maximum atomic E-state index is 11.6. The first-order valence-corrected chi connectivity index (χ1v) is 11.2. The summed E-state index contributed by atoms with van der Waals surface area (Å²) in [7, 11) is 1.91. The highest BCUT2D eigenvalue weighted by Crippen LogP contribution is 2.37. The van der Waals surface area contributed by atoms with E-state index in [1.165, 1.54) is 0 Å². The number of piperidine rings is 1. The summed E-state index contributed by atoms with van der Waals surface area (Å²) in [5, 5.41) is 8.73. The normalized spacial score (nSPS) is 14.7. The van der Waals surface area contributed by atoms with Gasteiger partial charge < -0.3 is 20.4 Å². The number of pyridine rings is 1. The molecule has 1 amide bonds. The molecule has 1 fully saturated rings. The molecule has 0 unspecified atom stereocenters. The fourth-order valence-corrected chi connectivity index (χ4v) is 4.64. The van der Waals surface area contributed by atoms with Crippen LogP contribution < -0.4 is 11.1 Å². The van der Waals surface area contributed by atoms with Gasteiger partial charge in [0.25, 0.3) is 0 Å². The molecule has 0 aliphatic carbocycles. The predicted octanol–water partition coefficient (Wildman–Crippen LogP) is 4.47. The van der Waals surface area contributed by atoms with Crippen LogP contribution in [0.1, 0.15) is 31.4 Å². The summed E-state index contributed by atoms with van der Waals surface area (Å²) in [6.45, 7) is 5.22. The average Bonchev–Trinajstić information content (AvgIpc) is 3.48. The van der Waals surface area contributed by atoms with E-state index in [0.717, 1.165) is 65.0 Å². The zero-order valence-electron chi connectivity index (χ0n) is 19.1. The molecule has 8 nitrogen and oxygen atoms in total. The average molecular weight is 445 g/mol. The van der Waals surface area contributed by atoms with E-state index in [0.29, 0.717) is 11.4 Å². The second kappa shape index (κ2) is 8.27. The second-order valence-electron chi connectivity index (χ2n) is 8.64. The maximum Gasteiger partial charge on any atom is 0.219 e. The third kappa shape index (κ3) is 3.82. The molecule has 0 atom stereocenters. The van der Waals surface area contributed by atoms with E-state index >= 15 is 0 Å². The number of benzene rings is 1. The highest BCUT2D eigenvalue weighted by atomic mass is 16.3. The van der Waals surface area contributed by atoms with Crippen molar-refractivity contribution in [2.75, 3.05) is 31.2 Å². The van der Waals surface area contributed by atoms with Crippen LogP contribution in [-0.4, -0.2) is 45.7 Å². The Morgan fingerprint density at radius 3 is 2.67 bits per heavy atom. The molecule has 1 aliphatic rings. The first-order valence-electron chi connectivity index (χ1n) is 11.2. The van der Waals surface area contributed by atoms with Crippen LogP contribution in [0.4, 0.5) is 11.5 Å². The van der Waals surface area contributed by atoms with Crippen LogP contribution in [-0.2, 0) is 4.79 Å². The Morgan fingerprint density at radius 2 is 1.97 bits per heavy atom. The third-order valence-corrected chi connectivity index (χ3v) is 6.56. The number of fused-ring (bicyclic) bond motifs is 1. The lowest BCUT2D eigenvalue weighted by atomic mass is 10.0. The van der Waals surface area contributed by atoms with Crippen molar-refractivity contribution in [2.24, 2.45) is 0 Å². The van der Waals surface area contributed by atoms with E-state index in [-0.39, 0.29) is 11.9 Å². The molecule has 0 spiro atoms. The van der Waals surface area contributed by atoms with Crippen molar-refractivity contribution in [3.8, 4) is 22.5 Å². The molecule has 33 heavy (non-hydrogen) atoms. The first kappa shape index (κ1) is 21.1. The number of anilines is 2. The van der Waals surface area contributed by atoms with Crippen molar-refractivity contribution < 1.29 is 9.21 Å². The summed E-state index contributed by atoms with van der Waals surface area (Å²) >= 11 is 0. The zero-order chi connectivity index (χ0) is 23.1. The Hall–Kier alpha value is -3.81. The van der Waals surface area contributed by atoms with Crippen LogP contribution in [0, 0.1) is 6.92 Å². The van der Waals surface area contributed by atoms with Crippen molar-refractivity contribution in [1.82, 2.24) is 19.7 Å². The summed E-state index contributed by atoms with van der Waals surface area (Å²) in [5.74, 6) is 1.25. The number of amides is 1. The van der Waals surface area contributed by atoms with Gasteiger partial charge in [0, 0.05) is 67.2 Å². The Bertz CT molecular complexity index is 1330. The van der Waals surface area contributed by atoms with Crippen molar-refractivity contribution in [2.45, 2.75) is 32.7 Å². The summed E-state index contributed by atoms with van der Waals surface area (Å²) in [4.78, 5) is 17.9. The van der Waals surface area contributed by atoms with Crippen LogP contribution in [0.3, 0.4) is 0 Å². The minimum Gasteiger partial charge on any atom is -0.452 e. The number of nitrogens with one attached hydrogen (secondary N) is 1. The van der Waals surface area contributed by atoms with Crippen LogP contribution in [0.25, 0.3) is 33.4 Å². The van der Waals surface area contributed by atoms with E-state index in [2.05, 4.69) is 34.6 Å². The molecule has 3 aromatic heterocycles. The van der Waals surface area contributed by atoms with Crippen molar-refractivity contribution >= 4 is 28.4 Å². The number of nitrogens with two attached hydrogens (primary N) is 1. The lowest BCUT2D eigenvalue weighted by molar-refractivity contribution is -0.130. The third-order valence-electron chi connectivity index (χ3n) is 6.56. The van der Waals surface area contributed by atoms with Gasteiger partial charge in [-0.05, 0) is 49.6 Å². The van der Waals surface area contributed by atoms with E-state index in [4.69, 9.17) is 10.2 Å². The first-order chi connectivity index (χ1) is 15.9. The van der Waals surface area contributed by atoms with E-state index in [9.17, 15) is 4.79 Å². The number of rotatable bonds is 4. The predicted molar refractivity (Wildman–Crippen MR) is 130 cm³/mol. The van der Waals surface area contributed by atoms with Crippen molar-refractivity contribution in [1.29, 1.82) is 0 Å². The Labute approximate surface area is 192 Å². The molecule has 0 radical (unpaired) electrons. The number of carbonyl (C=O) groups excluding carboxylic acids is 1. The number of nitrogens with zero attached hydrogens (tertiary/aromatic N) is 4. The van der Waals surface area contributed by atoms with Gasteiger partial charge in [-0.1, -0.05) is 0 Å². The van der Waals surface area contributed by atoms with E-state index in [1.54, 1.807) is 13.1 Å². The van der Waals surface area contributed by atoms with Crippen LogP contribution >= 0.6 is 0 Å². The molecule has 1 saturated heterocycles. The molecule has 4 aromatic rings. The number of hydrogen-bond acceptors (Lipinski definition) is 6. The quantitative estimate of drug-likeness (QED) is 0.481. The number of carbonyl (C=O) groups is 1. The molecule has 170 valence electrons. The number of likely N-dealkylation sites (tertiary alicyclic amines) is 1. The van der Waals surface area contributed by atoms with Crippen molar-refractivity contribution in [3.63, 3.8) is 0 Å². The molecule has 1 aromatic carbocycles. The van der Waals surface area contributed by atoms with Crippen LogP contribution in [0.15, 0.2) is 47.3 Å². The lowest BCUT2D eigenvalue weighted by Crippen LogP contribution is -2.37. The Kier molecular flexibility index (Phi) is 5.28. The minimum atomic E-state index is 0.136. The largest absolute Gasteiger partial charge is 0.452 e. The lowest BCUT2D eigenvalue weighted by Gasteiger charge is -2.31. The highest BCUT2D eigenvalue weighted by molar-refractivity contribution is 6.00. The van der Waals surface area contributed by atoms with Crippen molar-refractivity contribution in [3.05, 3.63) is 48.4 Å². The minimum absolute atomic E-state index is 0.136.